The Balaban J connectivity index is 1.32. The predicted molar refractivity (Wildman–Crippen MR) is 138 cm³/mol. The van der Waals surface area contributed by atoms with Crippen LogP contribution in [0.15, 0.2) is 48.9 Å². The number of anilines is 1. The molecular weight excluding hydrogens is 481 g/mol. The van der Waals surface area contributed by atoms with Crippen molar-refractivity contribution in [2.45, 2.75) is 44.9 Å². The Hall–Kier alpha value is -3.52. The molecule has 36 heavy (non-hydrogen) atoms. The molecule has 2 atom stereocenters. The van der Waals surface area contributed by atoms with E-state index in [0.717, 1.165) is 34.1 Å². The number of amides is 1. The van der Waals surface area contributed by atoms with Crippen molar-refractivity contribution in [2.24, 2.45) is 0 Å². The normalized spacial score (nSPS) is 19.5. The first-order valence-corrected chi connectivity index (χ1v) is 12.3. The van der Waals surface area contributed by atoms with Crippen molar-refractivity contribution in [1.82, 2.24) is 19.9 Å². The fourth-order valence-electron chi connectivity index (χ4n) is 5.25. The number of nitrogens with zero attached hydrogens (tertiary/aromatic N) is 5. The molecule has 0 aliphatic carbocycles. The van der Waals surface area contributed by atoms with Gasteiger partial charge in [0.05, 0.1) is 33.7 Å². The molecule has 0 saturated carbocycles. The average Bonchev–Trinajstić information content (AvgIpc) is 3.16. The van der Waals surface area contributed by atoms with Crippen molar-refractivity contribution >= 4 is 45.2 Å². The first-order valence-electron chi connectivity index (χ1n) is 12.0. The van der Waals surface area contributed by atoms with Crippen LogP contribution in [0.4, 0.5) is 15.0 Å². The van der Waals surface area contributed by atoms with Crippen LogP contribution in [-0.4, -0.2) is 56.7 Å². The van der Waals surface area contributed by atoms with E-state index in [0.29, 0.717) is 24.2 Å². The Morgan fingerprint density at radius 1 is 1.14 bits per heavy atom. The average molecular weight is 506 g/mol. The Kier molecular flexibility index (Phi) is 5.26. The number of halogens is 2. The van der Waals surface area contributed by atoms with Crippen molar-refractivity contribution in [3.8, 4) is 11.3 Å². The number of ether oxygens (including phenoxy) is 1. The van der Waals surface area contributed by atoms with Gasteiger partial charge in [0.2, 0.25) is 0 Å². The number of pyridine rings is 1. The van der Waals surface area contributed by atoms with Crippen LogP contribution in [0.2, 0.25) is 5.02 Å². The van der Waals surface area contributed by atoms with E-state index >= 15 is 0 Å². The highest BCUT2D eigenvalue weighted by atomic mass is 35.5. The van der Waals surface area contributed by atoms with Gasteiger partial charge in [-0.15, -0.1) is 0 Å². The number of rotatable bonds is 2. The second-order valence-electron chi connectivity index (χ2n) is 10.3. The summed E-state index contributed by atoms with van der Waals surface area (Å²) in [4.78, 5) is 30.4. The molecule has 184 valence electrons. The molecule has 7 nitrogen and oxygen atoms in total. The van der Waals surface area contributed by atoms with E-state index < -0.39 is 11.4 Å². The minimum Gasteiger partial charge on any atom is -0.444 e. The summed E-state index contributed by atoms with van der Waals surface area (Å²) in [5, 5.41) is 2.37. The van der Waals surface area contributed by atoms with Crippen molar-refractivity contribution in [3.63, 3.8) is 0 Å². The van der Waals surface area contributed by atoms with Crippen molar-refractivity contribution in [3.05, 3.63) is 59.8 Å². The highest BCUT2D eigenvalue weighted by Crippen LogP contribution is 2.40. The van der Waals surface area contributed by atoms with Crippen LogP contribution in [0.1, 0.15) is 27.2 Å². The number of aromatic nitrogens is 3. The number of benzene rings is 2. The van der Waals surface area contributed by atoms with E-state index in [1.807, 2.05) is 49.9 Å². The van der Waals surface area contributed by atoms with E-state index in [2.05, 4.69) is 14.9 Å². The van der Waals surface area contributed by atoms with Crippen molar-refractivity contribution < 1.29 is 13.9 Å². The molecule has 4 heterocycles. The molecule has 2 aliphatic rings. The minimum absolute atomic E-state index is 0.0794. The number of hydrogen-bond donors (Lipinski definition) is 0. The lowest BCUT2D eigenvalue weighted by Gasteiger charge is -2.47. The van der Waals surface area contributed by atoms with E-state index in [9.17, 15) is 9.18 Å². The van der Waals surface area contributed by atoms with Gasteiger partial charge >= 0.3 is 6.09 Å². The first-order chi connectivity index (χ1) is 17.2. The van der Waals surface area contributed by atoms with E-state index in [1.165, 1.54) is 6.07 Å². The molecule has 1 amide bonds. The van der Waals surface area contributed by atoms with Crippen molar-refractivity contribution in [1.29, 1.82) is 0 Å². The van der Waals surface area contributed by atoms with Gasteiger partial charge in [-0.3, -0.25) is 4.98 Å². The molecule has 0 N–H and O–H groups in total. The Morgan fingerprint density at radius 2 is 1.97 bits per heavy atom. The summed E-state index contributed by atoms with van der Waals surface area (Å²) in [5.74, 6) is 0.333. The maximum Gasteiger partial charge on any atom is 0.410 e. The number of carbonyl (C=O) groups excluding carboxylic acids is 1. The van der Waals surface area contributed by atoms with Crippen molar-refractivity contribution in [2.75, 3.05) is 18.0 Å². The zero-order chi connectivity index (χ0) is 25.2. The van der Waals surface area contributed by atoms with Crippen LogP contribution in [0, 0.1) is 5.82 Å². The standard InChI is InChI=1S/C27H25ClFN5O2/c1-27(2,3)36-26(35)33-10-9-21-22(33)13-34(21)25-17-12-30-19(11-20(17)31-14-32-25)16-6-4-5-15-7-8-18(29)24(28)23(15)16/h4-8,11-12,14,21-22H,9-10,13H2,1-3H3/t21-,22-/m1/s1. The molecule has 2 saturated heterocycles. The van der Waals surface area contributed by atoms with Gasteiger partial charge in [0.25, 0.3) is 0 Å². The maximum atomic E-state index is 14.2. The molecule has 9 heteroatoms. The molecule has 0 radical (unpaired) electrons. The highest BCUT2D eigenvalue weighted by molar-refractivity contribution is 6.36. The summed E-state index contributed by atoms with van der Waals surface area (Å²) >= 11 is 6.34. The molecule has 2 fully saturated rings. The summed E-state index contributed by atoms with van der Waals surface area (Å²) in [6.07, 6.45) is 3.89. The van der Waals surface area contributed by atoms with Crippen LogP contribution in [-0.2, 0) is 4.74 Å². The van der Waals surface area contributed by atoms with Crippen LogP contribution >= 0.6 is 11.6 Å². The van der Waals surface area contributed by atoms with Gasteiger partial charge in [-0.05, 0) is 44.7 Å². The third-order valence-electron chi connectivity index (χ3n) is 6.91. The van der Waals surface area contributed by atoms with Gasteiger partial charge in [-0.1, -0.05) is 35.9 Å². The van der Waals surface area contributed by atoms with Gasteiger partial charge in [0, 0.05) is 30.2 Å². The molecule has 6 rings (SSSR count). The minimum atomic E-state index is -0.523. The predicted octanol–water partition coefficient (Wildman–Crippen LogP) is 5.84. The quantitative estimate of drug-likeness (QED) is 0.341. The molecule has 2 aromatic carbocycles. The third-order valence-corrected chi connectivity index (χ3v) is 7.27. The zero-order valence-corrected chi connectivity index (χ0v) is 21.0. The third kappa shape index (κ3) is 3.71. The molecule has 2 aromatic heterocycles. The van der Waals surface area contributed by atoms with E-state index in [-0.39, 0.29) is 23.2 Å². The monoisotopic (exact) mass is 505 g/mol. The molecule has 0 unspecified atom stereocenters. The fraction of sp³-hybridized carbons (Fsp3) is 0.333. The van der Waals surface area contributed by atoms with Crippen LogP contribution in [0.25, 0.3) is 32.9 Å². The number of hydrogen-bond acceptors (Lipinski definition) is 6. The Labute approximate surface area is 212 Å². The van der Waals surface area contributed by atoms with Gasteiger partial charge < -0.3 is 14.5 Å². The Bertz CT molecular complexity index is 1520. The number of likely N-dealkylation sites (tertiary alicyclic amines) is 1. The summed E-state index contributed by atoms with van der Waals surface area (Å²) in [5.41, 5.74) is 1.61. The Morgan fingerprint density at radius 3 is 2.78 bits per heavy atom. The number of fused-ring (bicyclic) bond motifs is 3. The van der Waals surface area contributed by atoms with Gasteiger partial charge in [0.15, 0.2) is 0 Å². The van der Waals surface area contributed by atoms with Crippen LogP contribution < -0.4 is 4.90 Å². The summed E-state index contributed by atoms with van der Waals surface area (Å²) in [6, 6.07) is 10.9. The van der Waals surface area contributed by atoms with E-state index in [4.69, 9.17) is 21.3 Å². The highest BCUT2D eigenvalue weighted by Gasteiger charge is 2.50. The van der Waals surface area contributed by atoms with Crippen LogP contribution in [0.3, 0.4) is 0 Å². The largest absolute Gasteiger partial charge is 0.444 e. The summed E-state index contributed by atoms with van der Waals surface area (Å²) in [6.45, 7) is 6.97. The lowest BCUT2D eigenvalue weighted by atomic mass is 9.96. The van der Waals surface area contributed by atoms with E-state index in [1.54, 1.807) is 18.6 Å². The topological polar surface area (TPSA) is 71.5 Å². The SMILES string of the molecule is CC(C)(C)OC(=O)N1CC[C@@H]2[C@H]1CN2c1ncnc2cc(-c3cccc4ccc(F)c(Cl)c34)ncc12. The molecule has 4 aromatic rings. The molecule has 2 aliphatic heterocycles. The van der Waals surface area contributed by atoms with Gasteiger partial charge in [-0.2, -0.15) is 0 Å². The van der Waals surface area contributed by atoms with Crippen LogP contribution in [0.5, 0.6) is 0 Å². The second kappa shape index (κ2) is 8.27. The summed E-state index contributed by atoms with van der Waals surface area (Å²) in [7, 11) is 0. The van der Waals surface area contributed by atoms with Gasteiger partial charge in [-0.25, -0.2) is 19.2 Å². The fourth-order valence-corrected chi connectivity index (χ4v) is 5.52. The molecule has 0 spiro atoms. The second-order valence-corrected chi connectivity index (χ2v) is 10.7. The molecular formula is C27H25ClFN5O2. The first kappa shape index (κ1) is 22.9. The number of carbonyl (C=O) groups is 1. The lowest BCUT2D eigenvalue weighted by Crippen LogP contribution is -2.63. The molecule has 0 bridgehead atoms. The lowest BCUT2D eigenvalue weighted by molar-refractivity contribution is 0.0193. The zero-order valence-electron chi connectivity index (χ0n) is 20.2. The maximum absolute atomic E-state index is 14.2. The smallest absolute Gasteiger partial charge is 0.410 e. The summed E-state index contributed by atoms with van der Waals surface area (Å²) < 4.78 is 19.8. The van der Waals surface area contributed by atoms with Gasteiger partial charge in [0.1, 0.15) is 23.6 Å².